The van der Waals surface area contributed by atoms with E-state index in [0.717, 1.165) is 0 Å². The number of hydrogen-bond acceptors (Lipinski definition) is 9. The molecule has 0 bridgehead atoms. The SMILES string of the molecule is CC1C(OCCCCC(=O)N2C[C@H](C)C[C@H]2COP(=O)(O)OC(C)(C)C)OC(CO)C(O)C1O. The summed E-state index contributed by atoms with van der Waals surface area (Å²) in [6.07, 6.45) is -1.76. The summed E-state index contributed by atoms with van der Waals surface area (Å²) < 4.78 is 33.6. The zero-order valence-electron chi connectivity index (χ0n) is 20.8. The molecule has 11 nitrogen and oxygen atoms in total. The van der Waals surface area contributed by atoms with Crippen molar-refractivity contribution in [2.75, 3.05) is 26.4 Å². The molecule has 2 fully saturated rings. The average Bonchev–Trinajstić information content (AvgIpc) is 3.11. The van der Waals surface area contributed by atoms with Gasteiger partial charge in [-0.25, -0.2) is 4.57 Å². The third kappa shape index (κ3) is 8.80. The normalized spacial score (nSPS) is 34.3. The fourth-order valence-corrected chi connectivity index (χ4v) is 5.40. The summed E-state index contributed by atoms with van der Waals surface area (Å²) in [5.41, 5.74) is -0.831. The van der Waals surface area contributed by atoms with Crippen LogP contribution >= 0.6 is 7.82 Å². The fourth-order valence-electron chi connectivity index (χ4n) is 4.30. The van der Waals surface area contributed by atoms with Crippen molar-refractivity contribution >= 4 is 13.7 Å². The molecule has 2 aliphatic rings. The molecule has 4 N–H and O–H groups in total. The lowest BCUT2D eigenvalue weighted by Gasteiger charge is -2.40. The van der Waals surface area contributed by atoms with E-state index in [9.17, 15) is 29.6 Å². The van der Waals surface area contributed by atoms with Gasteiger partial charge in [-0.2, -0.15) is 0 Å². The fraction of sp³-hybridized carbons (Fsp3) is 0.955. The van der Waals surface area contributed by atoms with Crippen molar-refractivity contribution in [3.05, 3.63) is 0 Å². The summed E-state index contributed by atoms with van der Waals surface area (Å²) in [4.78, 5) is 24.4. The van der Waals surface area contributed by atoms with Crippen molar-refractivity contribution in [1.82, 2.24) is 4.90 Å². The molecule has 34 heavy (non-hydrogen) atoms. The Morgan fingerprint density at radius 3 is 2.47 bits per heavy atom. The monoisotopic (exact) mass is 511 g/mol. The predicted molar refractivity (Wildman–Crippen MR) is 123 cm³/mol. The van der Waals surface area contributed by atoms with Crippen molar-refractivity contribution in [3.63, 3.8) is 0 Å². The number of hydrogen-bond donors (Lipinski definition) is 4. The standard InChI is InChI=1S/C22H42NO10P/c1-14-10-16(13-31-34(28,29)33-22(3,4)5)23(11-14)18(25)8-6-7-9-30-21-15(2)19(26)20(27)17(12-24)32-21/h14-17,19-21,24,26-27H,6-13H2,1-5H3,(H,28,29)/t14-,15?,16+,17?,19?,20?,21?/m1/s1. The average molecular weight is 512 g/mol. The molecule has 0 aromatic carbocycles. The van der Waals surface area contributed by atoms with Crippen LogP contribution in [0.2, 0.25) is 0 Å². The summed E-state index contributed by atoms with van der Waals surface area (Å²) in [7, 11) is -4.22. The van der Waals surface area contributed by atoms with Crippen LogP contribution in [0.15, 0.2) is 0 Å². The van der Waals surface area contributed by atoms with Crippen LogP contribution in [0.25, 0.3) is 0 Å². The molecule has 2 saturated heterocycles. The van der Waals surface area contributed by atoms with Gasteiger partial charge in [-0.1, -0.05) is 13.8 Å². The summed E-state index contributed by atoms with van der Waals surface area (Å²) in [5.74, 6) is -0.256. The smallest absolute Gasteiger partial charge is 0.394 e. The molecule has 0 aliphatic carbocycles. The molecule has 8 atom stereocenters. The first-order valence-electron chi connectivity index (χ1n) is 12.0. The van der Waals surface area contributed by atoms with E-state index in [1.165, 1.54) is 0 Å². The topological polar surface area (TPSA) is 155 Å². The van der Waals surface area contributed by atoms with E-state index in [1.54, 1.807) is 32.6 Å². The van der Waals surface area contributed by atoms with Gasteiger partial charge in [0, 0.05) is 25.5 Å². The maximum absolute atomic E-state index is 12.8. The number of aliphatic hydroxyl groups excluding tert-OH is 3. The van der Waals surface area contributed by atoms with E-state index in [1.807, 2.05) is 6.92 Å². The number of nitrogens with zero attached hydrogens (tertiary/aromatic N) is 1. The first-order chi connectivity index (χ1) is 15.7. The van der Waals surface area contributed by atoms with Gasteiger partial charge in [0.1, 0.15) is 12.2 Å². The molecular weight excluding hydrogens is 469 g/mol. The molecule has 0 aromatic rings. The molecule has 0 radical (unpaired) electrons. The molecule has 0 spiro atoms. The van der Waals surface area contributed by atoms with E-state index in [-0.39, 0.29) is 24.5 Å². The number of phosphoric acid groups is 1. The Hall–Kier alpha value is -0.620. The van der Waals surface area contributed by atoms with Crippen LogP contribution in [-0.2, 0) is 27.9 Å². The number of carbonyl (C=O) groups excluding carboxylic acids is 1. The molecule has 2 rings (SSSR count). The molecule has 2 aliphatic heterocycles. The van der Waals surface area contributed by atoms with E-state index in [4.69, 9.17) is 18.5 Å². The molecule has 12 heteroatoms. The summed E-state index contributed by atoms with van der Waals surface area (Å²) in [6, 6.07) is -0.289. The minimum absolute atomic E-state index is 0.0522. The van der Waals surface area contributed by atoms with Gasteiger partial charge in [-0.05, 0) is 46.0 Å². The minimum atomic E-state index is -4.22. The lowest BCUT2D eigenvalue weighted by atomic mass is 9.92. The second-order valence-electron chi connectivity index (χ2n) is 10.4. The highest BCUT2D eigenvalue weighted by molar-refractivity contribution is 7.47. The Kier molecular flexibility index (Phi) is 10.9. The van der Waals surface area contributed by atoms with E-state index < -0.39 is 50.6 Å². The zero-order valence-corrected chi connectivity index (χ0v) is 21.7. The van der Waals surface area contributed by atoms with Gasteiger partial charge in [-0.3, -0.25) is 13.8 Å². The number of ether oxygens (including phenoxy) is 2. The van der Waals surface area contributed by atoms with Crippen LogP contribution < -0.4 is 0 Å². The number of unbranched alkanes of at least 4 members (excludes halogenated alkanes) is 1. The maximum atomic E-state index is 12.8. The third-order valence-corrected chi connectivity index (χ3v) is 7.27. The first kappa shape index (κ1) is 29.6. The highest BCUT2D eigenvalue weighted by Crippen LogP contribution is 2.47. The lowest BCUT2D eigenvalue weighted by Crippen LogP contribution is -2.55. The molecule has 0 aromatic heterocycles. The zero-order chi connectivity index (χ0) is 25.7. The van der Waals surface area contributed by atoms with E-state index >= 15 is 0 Å². The molecule has 1 amide bonds. The van der Waals surface area contributed by atoms with Crippen molar-refractivity contribution in [2.24, 2.45) is 11.8 Å². The minimum Gasteiger partial charge on any atom is -0.394 e. The van der Waals surface area contributed by atoms with Crippen LogP contribution in [0.4, 0.5) is 0 Å². The van der Waals surface area contributed by atoms with Crippen LogP contribution in [0, 0.1) is 11.8 Å². The van der Waals surface area contributed by atoms with Gasteiger partial charge in [-0.15, -0.1) is 0 Å². The van der Waals surface area contributed by atoms with Crippen molar-refractivity contribution in [3.8, 4) is 0 Å². The van der Waals surface area contributed by atoms with Gasteiger partial charge in [0.15, 0.2) is 6.29 Å². The number of aliphatic hydroxyl groups is 3. The molecular formula is C22H42NO10P. The number of amides is 1. The van der Waals surface area contributed by atoms with Gasteiger partial charge in [0.05, 0.1) is 31.0 Å². The van der Waals surface area contributed by atoms with Gasteiger partial charge in [0.25, 0.3) is 0 Å². The second-order valence-corrected chi connectivity index (χ2v) is 11.8. The van der Waals surface area contributed by atoms with E-state index in [0.29, 0.717) is 38.8 Å². The predicted octanol–water partition coefficient (Wildman–Crippen LogP) is 1.42. The lowest BCUT2D eigenvalue weighted by molar-refractivity contribution is -0.282. The Morgan fingerprint density at radius 2 is 1.85 bits per heavy atom. The summed E-state index contributed by atoms with van der Waals surface area (Å²) >= 11 is 0. The quantitative estimate of drug-likeness (QED) is 0.236. The Morgan fingerprint density at radius 1 is 1.18 bits per heavy atom. The highest BCUT2D eigenvalue weighted by Gasteiger charge is 2.42. The van der Waals surface area contributed by atoms with Crippen LogP contribution in [0.3, 0.4) is 0 Å². The van der Waals surface area contributed by atoms with Crippen molar-refractivity contribution in [1.29, 1.82) is 0 Å². The molecule has 0 saturated carbocycles. The summed E-state index contributed by atoms with van der Waals surface area (Å²) in [5, 5.41) is 29.3. The van der Waals surface area contributed by atoms with Gasteiger partial charge >= 0.3 is 7.82 Å². The number of carbonyl (C=O) groups is 1. The Bertz CT molecular complexity index is 700. The first-order valence-corrected chi connectivity index (χ1v) is 13.4. The van der Waals surface area contributed by atoms with Crippen LogP contribution in [0.5, 0.6) is 0 Å². The second kappa shape index (κ2) is 12.6. The maximum Gasteiger partial charge on any atom is 0.472 e. The molecule has 200 valence electrons. The third-order valence-electron chi connectivity index (χ3n) is 6.02. The number of rotatable bonds is 11. The number of likely N-dealkylation sites (tertiary alicyclic amines) is 1. The Balaban J connectivity index is 1.75. The molecule has 2 heterocycles. The summed E-state index contributed by atoms with van der Waals surface area (Å²) in [6.45, 7) is 9.07. The van der Waals surface area contributed by atoms with Gasteiger partial charge in [0.2, 0.25) is 5.91 Å². The van der Waals surface area contributed by atoms with Crippen molar-refractivity contribution in [2.45, 2.75) is 96.5 Å². The van der Waals surface area contributed by atoms with Crippen LogP contribution in [-0.4, -0.2) is 93.6 Å². The highest BCUT2D eigenvalue weighted by atomic mass is 31.2. The van der Waals surface area contributed by atoms with Crippen molar-refractivity contribution < 1.29 is 48.1 Å². The molecule has 6 unspecified atom stereocenters. The number of phosphoric ester groups is 1. The van der Waals surface area contributed by atoms with E-state index in [2.05, 4.69) is 0 Å². The largest absolute Gasteiger partial charge is 0.472 e. The van der Waals surface area contributed by atoms with Crippen LogP contribution in [0.1, 0.15) is 60.3 Å². The Labute approximate surface area is 201 Å². The van der Waals surface area contributed by atoms with Gasteiger partial charge < -0.3 is 34.6 Å².